The summed E-state index contributed by atoms with van der Waals surface area (Å²) in [6, 6.07) is 0. The number of carboxylic acid groups (broad SMARTS) is 1. The third-order valence-electron chi connectivity index (χ3n) is 3.81. The highest BCUT2D eigenvalue weighted by atomic mass is 16.5. The van der Waals surface area contributed by atoms with Crippen molar-refractivity contribution in [3.8, 4) is 0 Å². The minimum absolute atomic E-state index is 0.0249. The molecule has 0 bridgehead atoms. The van der Waals surface area contributed by atoms with Crippen LogP contribution in [0.3, 0.4) is 0 Å². The molecule has 4 heteroatoms. The Morgan fingerprint density at radius 2 is 2.28 bits per heavy atom. The third-order valence-corrected chi connectivity index (χ3v) is 3.81. The molecule has 1 heterocycles. The quantitative estimate of drug-likeness (QED) is 0.890. The summed E-state index contributed by atoms with van der Waals surface area (Å²) in [5.74, 6) is 1.03. The average Bonchev–Trinajstić information content (AvgIpc) is 2.71. The lowest BCUT2D eigenvalue weighted by atomic mass is 9.81. The van der Waals surface area contributed by atoms with Gasteiger partial charge in [-0.05, 0) is 43.6 Å². The highest BCUT2D eigenvalue weighted by Gasteiger charge is 2.24. The summed E-state index contributed by atoms with van der Waals surface area (Å²) in [4.78, 5) is 10.9. The normalized spacial score (nSPS) is 20.0. The molecule has 1 N–H and O–H groups in total. The van der Waals surface area contributed by atoms with E-state index < -0.39 is 5.97 Å². The molecule has 0 fully saturated rings. The molecule has 18 heavy (non-hydrogen) atoms. The SMILES string of the molecule is Cc1c(C(=O)O)noc1C1=CCC(C(C)C)CC1. The number of aromatic carboxylic acids is 1. The zero-order valence-corrected chi connectivity index (χ0v) is 11.1. The molecule has 0 amide bonds. The van der Waals surface area contributed by atoms with E-state index in [1.165, 1.54) is 0 Å². The fraction of sp³-hybridized carbons (Fsp3) is 0.571. The van der Waals surface area contributed by atoms with Crippen LogP contribution in [0.5, 0.6) is 0 Å². The van der Waals surface area contributed by atoms with Crippen LogP contribution in [-0.2, 0) is 0 Å². The standard InChI is InChI=1S/C14H19NO3/c1-8(2)10-4-6-11(7-5-10)13-9(3)12(14(16)17)15-18-13/h6,8,10H,4-5,7H2,1-3H3,(H,16,17). The van der Waals surface area contributed by atoms with Gasteiger partial charge in [-0.1, -0.05) is 25.1 Å². The number of carbonyl (C=O) groups is 1. The van der Waals surface area contributed by atoms with E-state index in [9.17, 15) is 4.79 Å². The fourth-order valence-electron chi connectivity index (χ4n) is 2.50. The number of allylic oxidation sites excluding steroid dienone is 2. The Bertz CT molecular complexity index is 485. The summed E-state index contributed by atoms with van der Waals surface area (Å²) in [6.45, 7) is 6.24. The van der Waals surface area contributed by atoms with E-state index >= 15 is 0 Å². The van der Waals surface area contributed by atoms with Crippen LogP contribution in [0.15, 0.2) is 10.6 Å². The molecule has 1 unspecified atom stereocenters. The molecule has 1 atom stereocenters. The minimum Gasteiger partial charge on any atom is -0.476 e. The lowest BCUT2D eigenvalue weighted by Crippen LogP contribution is -2.11. The Morgan fingerprint density at radius 3 is 2.72 bits per heavy atom. The van der Waals surface area contributed by atoms with Crippen molar-refractivity contribution in [3.05, 3.63) is 23.1 Å². The van der Waals surface area contributed by atoms with Crippen LogP contribution in [0.1, 0.15) is 54.9 Å². The molecule has 1 aromatic rings. The van der Waals surface area contributed by atoms with Gasteiger partial charge in [0, 0.05) is 5.56 Å². The summed E-state index contributed by atoms with van der Waals surface area (Å²) < 4.78 is 5.19. The number of rotatable bonds is 3. The van der Waals surface area contributed by atoms with Crippen molar-refractivity contribution >= 4 is 11.5 Å². The van der Waals surface area contributed by atoms with Gasteiger partial charge in [0.1, 0.15) is 0 Å². The van der Waals surface area contributed by atoms with E-state index in [1.807, 2.05) is 0 Å². The van der Waals surface area contributed by atoms with Crippen molar-refractivity contribution in [2.45, 2.75) is 40.0 Å². The molecular formula is C14H19NO3. The van der Waals surface area contributed by atoms with Gasteiger partial charge in [-0.15, -0.1) is 0 Å². The molecule has 0 radical (unpaired) electrons. The smallest absolute Gasteiger partial charge is 0.358 e. The van der Waals surface area contributed by atoms with Crippen LogP contribution in [0, 0.1) is 18.8 Å². The Kier molecular flexibility index (Phi) is 3.55. The maximum atomic E-state index is 10.9. The molecule has 1 aliphatic carbocycles. The monoisotopic (exact) mass is 249 g/mol. The second kappa shape index (κ2) is 4.96. The largest absolute Gasteiger partial charge is 0.476 e. The summed E-state index contributed by atoms with van der Waals surface area (Å²) >= 11 is 0. The van der Waals surface area contributed by atoms with Gasteiger partial charge in [-0.2, -0.15) is 0 Å². The Morgan fingerprint density at radius 1 is 1.56 bits per heavy atom. The summed E-state index contributed by atoms with van der Waals surface area (Å²) in [7, 11) is 0. The van der Waals surface area contributed by atoms with Crippen LogP contribution in [0.2, 0.25) is 0 Å². The van der Waals surface area contributed by atoms with Crippen molar-refractivity contribution in [1.82, 2.24) is 5.16 Å². The molecular weight excluding hydrogens is 230 g/mol. The molecule has 0 aliphatic heterocycles. The first-order chi connectivity index (χ1) is 8.50. The van der Waals surface area contributed by atoms with Gasteiger partial charge in [0.2, 0.25) is 0 Å². The van der Waals surface area contributed by atoms with Crippen LogP contribution in [0.4, 0.5) is 0 Å². The Labute approximate surface area is 107 Å². The van der Waals surface area contributed by atoms with Gasteiger partial charge in [-0.3, -0.25) is 0 Å². The van der Waals surface area contributed by atoms with Gasteiger partial charge < -0.3 is 9.63 Å². The van der Waals surface area contributed by atoms with Gasteiger partial charge in [-0.25, -0.2) is 4.79 Å². The van der Waals surface area contributed by atoms with Crippen LogP contribution in [0.25, 0.3) is 5.57 Å². The van der Waals surface area contributed by atoms with Crippen molar-refractivity contribution in [2.24, 2.45) is 11.8 Å². The number of hydrogen-bond donors (Lipinski definition) is 1. The second-order valence-corrected chi connectivity index (χ2v) is 5.30. The first-order valence-corrected chi connectivity index (χ1v) is 6.39. The van der Waals surface area contributed by atoms with E-state index in [1.54, 1.807) is 6.92 Å². The molecule has 1 aromatic heterocycles. The van der Waals surface area contributed by atoms with Gasteiger partial charge in [0.15, 0.2) is 11.5 Å². The lowest BCUT2D eigenvalue weighted by molar-refractivity contribution is 0.0685. The summed E-state index contributed by atoms with van der Waals surface area (Å²) in [5, 5.41) is 12.6. The first-order valence-electron chi connectivity index (χ1n) is 6.39. The fourth-order valence-corrected chi connectivity index (χ4v) is 2.50. The summed E-state index contributed by atoms with van der Waals surface area (Å²) in [5.41, 5.74) is 1.76. The molecule has 4 nitrogen and oxygen atoms in total. The predicted octanol–water partition coefficient (Wildman–Crippen LogP) is 3.52. The van der Waals surface area contributed by atoms with Crippen molar-refractivity contribution in [1.29, 1.82) is 0 Å². The van der Waals surface area contributed by atoms with E-state index in [0.29, 0.717) is 17.2 Å². The zero-order valence-electron chi connectivity index (χ0n) is 11.1. The van der Waals surface area contributed by atoms with Gasteiger partial charge in [0.25, 0.3) is 0 Å². The van der Waals surface area contributed by atoms with E-state index in [2.05, 4.69) is 25.1 Å². The number of nitrogens with zero attached hydrogens (tertiary/aromatic N) is 1. The highest BCUT2D eigenvalue weighted by Crippen LogP contribution is 2.35. The van der Waals surface area contributed by atoms with Crippen LogP contribution in [-0.4, -0.2) is 16.2 Å². The Balaban J connectivity index is 2.21. The topological polar surface area (TPSA) is 63.3 Å². The molecule has 0 saturated carbocycles. The predicted molar refractivity (Wildman–Crippen MR) is 68.4 cm³/mol. The minimum atomic E-state index is -1.03. The highest BCUT2D eigenvalue weighted by molar-refractivity contribution is 5.88. The van der Waals surface area contributed by atoms with Gasteiger partial charge in [0.05, 0.1) is 0 Å². The second-order valence-electron chi connectivity index (χ2n) is 5.30. The number of hydrogen-bond acceptors (Lipinski definition) is 3. The first kappa shape index (κ1) is 12.9. The maximum absolute atomic E-state index is 10.9. The molecule has 0 spiro atoms. The number of aromatic nitrogens is 1. The summed E-state index contributed by atoms with van der Waals surface area (Å²) in [6.07, 6.45) is 5.28. The molecule has 0 saturated heterocycles. The zero-order chi connectivity index (χ0) is 13.3. The van der Waals surface area contributed by atoms with Crippen molar-refractivity contribution < 1.29 is 14.4 Å². The van der Waals surface area contributed by atoms with Crippen molar-refractivity contribution in [3.63, 3.8) is 0 Å². The lowest BCUT2D eigenvalue weighted by Gasteiger charge is -2.24. The van der Waals surface area contributed by atoms with Crippen LogP contribution >= 0.6 is 0 Å². The van der Waals surface area contributed by atoms with Crippen LogP contribution < -0.4 is 0 Å². The average molecular weight is 249 g/mol. The van der Waals surface area contributed by atoms with Crippen molar-refractivity contribution in [2.75, 3.05) is 0 Å². The van der Waals surface area contributed by atoms with E-state index in [4.69, 9.17) is 9.63 Å². The molecule has 0 aromatic carbocycles. The van der Waals surface area contributed by atoms with E-state index in [-0.39, 0.29) is 5.69 Å². The molecule has 1 aliphatic rings. The van der Waals surface area contributed by atoms with Gasteiger partial charge >= 0.3 is 5.97 Å². The third kappa shape index (κ3) is 2.33. The maximum Gasteiger partial charge on any atom is 0.358 e. The number of carboxylic acids is 1. The molecule has 98 valence electrons. The van der Waals surface area contributed by atoms with E-state index in [0.717, 1.165) is 30.8 Å². The molecule has 2 rings (SSSR count). The Hall–Kier alpha value is -1.58.